The summed E-state index contributed by atoms with van der Waals surface area (Å²) in [6.45, 7) is 4.43. The second-order valence-corrected chi connectivity index (χ2v) is 7.44. The molecule has 114 valence electrons. The molecule has 0 spiro atoms. The van der Waals surface area contributed by atoms with Gasteiger partial charge < -0.3 is 5.32 Å². The highest BCUT2D eigenvalue weighted by Crippen LogP contribution is 2.22. The second-order valence-electron chi connectivity index (χ2n) is 4.34. The number of hydrogen-bond donors (Lipinski definition) is 2. The zero-order valence-corrected chi connectivity index (χ0v) is 14.2. The average Bonchev–Trinajstić information content (AvgIpc) is 2.38. The van der Waals surface area contributed by atoms with Crippen LogP contribution in [0.2, 0.25) is 5.02 Å². The highest BCUT2D eigenvalue weighted by Gasteiger charge is 2.19. The van der Waals surface area contributed by atoms with E-state index < -0.39 is 10.0 Å². The summed E-state index contributed by atoms with van der Waals surface area (Å²) in [6.07, 6.45) is 4.08. The predicted octanol–water partition coefficient (Wildman–Crippen LogP) is 2.59. The number of pyridine rings is 1. The minimum Gasteiger partial charge on any atom is -0.369 e. The van der Waals surface area contributed by atoms with E-state index in [2.05, 4.69) is 15.0 Å². The number of hydrogen-bond acceptors (Lipinski definition) is 5. The summed E-state index contributed by atoms with van der Waals surface area (Å²) >= 11 is 7.70. The van der Waals surface area contributed by atoms with Crippen molar-refractivity contribution < 1.29 is 8.42 Å². The van der Waals surface area contributed by atoms with E-state index in [-0.39, 0.29) is 10.9 Å². The maximum atomic E-state index is 12.2. The van der Waals surface area contributed by atoms with Crippen LogP contribution in [-0.4, -0.2) is 38.0 Å². The summed E-state index contributed by atoms with van der Waals surface area (Å²) < 4.78 is 27.0. The molecule has 5 nitrogen and oxygen atoms in total. The Hall–Kier alpha value is -0.500. The molecule has 2 N–H and O–H groups in total. The number of nitrogens with one attached hydrogen (secondary N) is 2. The van der Waals surface area contributed by atoms with Gasteiger partial charge in [-0.15, -0.1) is 0 Å². The van der Waals surface area contributed by atoms with E-state index in [1.807, 2.05) is 20.1 Å². The van der Waals surface area contributed by atoms with E-state index in [1.54, 1.807) is 11.8 Å². The van der Waals surface area contributed by atoms with E-state index in [1.165, 1.54) is 12.3 Å². The van der Waals surface area contributed by atoms with Gasteiger partial charge in [0, 0.05) is 18.8 Å². The summed E-state index contributed by atoms with van der Waals surface area (Å²) in [6, 6.07) is 1.29. The standard InChI is InChI=1S/C12H20ClN3O2S2/c1-4-14-12-11(13)7-10(8-15-12)20(17,18)16-9(2)5-6-19-3/h7-9,16H,4-6H2,1-3H3,(H,14,15). The topological polar surface area (TPSA) is 71.1 Å². The van der Waals surface area contributed by atoms with Crippen LogP contribution in [0.1, 0.15) is 20.3 Å². The van der Waals surface area contributed by atoms with E-state index in [0.29, 0.717) is 17.4 Å². The van der Waals surface area contributed by atoms with E-state index in [9.17, 15) is 8.42 Å². The molecule has 0 radical (unpaired) electrons. The van der Waals surface area contributed by atoms with Crippen LogP contribution >= 0.6 is 23.4 Å². The van der Waals surface area contributed by atoms with Crippen molar-refractivity contribution in [3.63, 3.8) is 0 Å². The van der Waals surface area contributed by atoms with Crippen LogP contribution in [0.4, 0.5) is 5.82 Å². The molecule has 1 unspecified atom stereocenters. The Kier molecular flexibility index (Phi) is 7.08. The van der Waals surface area contributed by atoms with Gasteiger partial charge in [-0.25, -0.2) is 18.1 Å². The first-order valence-corrected chi connectivity index (χ1v) is 9.57. The molecule has 0 bridgehead atoms. The van der Waals surface area contributed by atoms with Crippen molar-refractivity contribution in [2.45, 2.75) is 31.2 Å². The third-order valence-corrected chi connectivity index (χ3v) is 5.07. The maximum absolute atomic E-state index is 12.2. The van der Waals surface area contributed by atoms with E-state index in [4.69, 9.17) is 11.6 Å². The van der Waals surface area contributed by atoms with Gasteiger partial charge in [-0.3, -0.25) is 0 Å². The van der Waals surface area contributed by atoms with Crippen LogP contribution in [0.15, 0.2) is 17.2 Å². The molecule has 0 saturated carbocycles. The molecule has 0 aliphatic heterocycles. The number of sulfonamides is 1. The van der Waals surface area contributed by atoms with Crippen LogP contribution in [0.5, 0.6) is 0 Å². The van der Waals surface area contributed by atoms with Crippen molar-refractivity contribution in [3.05, 3.63) is 17.3 Å². The Balaban J connectivity index is 2.84. The number of nitrogens with zero attached hydrogens (tertiary/aromatic N) is 1. The van der Waals surface area contributed by atoms with Gasteiger partial charge in [-0.2, -0.15) is 11.8 Å². The monoisotopic (exact) mass is 337 g/mol. The quantitative estimate of drug-likeness (QED) is 0.763. The smallest absolute Gasteiger partial charge is 0.242 e. The molecule has 1 heterocycles. The van der Waals surface area contributed by atoms with Crippen LogP contribution in [-0.2, 0) is 10.0 Å². The molecule has 0 amide bonds. The maximum Gasteiger partial charge on any atom is 0.242 e. The number of aromatic nitrogens is 1. The Morgan fingerprint density at radius 1 is 1.50 bits per heavy atom. The molecule has 0 aromatic carbocycles. The van der Waals surface area contributed by atoms with Gasteiger partial charge >= 0.3 is 0 Å². The van der Waals surface area contributed by atoms with Crippen LogP contribution in [0, 0.1) is 0 Å². The van der Waals surface area contributed by atoms with Crippen molar-refractivity contribution in [1.29, 1.82) is 0 Å². The van der Waals surface area contributed by atoms with Crippen molar-refractivity contribution >= 4 is 39.2 Å². The Bertz CT molecular complexity index is 538. The molecule has 1 aromatic rings. The molecule has 0 aliphatic rings. The number of halogens is 1. The SMILES string of the molecule is CCNc1ncc(S(=O)(=O)NC(C)CCSC)cc1Cl. The highest BCUT2D eigenvalue weighted by molar-refractivity contribution is 7.98. The summed E-state index contributed by atoms with van der Waals surface area (Å²) in [5.74, 6) is 1.39. The molecule has 1 aromatic heterocycles. The zero-order valence-electron chi connectivity index (χ0n) is 11.8. The highest BCUT2D eigenvalue weighted by atomic mass is 35.5. The van der Waals surface area contributed by atoms with Gasteiger partial charge in [0.05, 0.1) is 5.02 Å². The Labute approximate surface area is 129 Å². The Morgan fingerprint density at radius 3 is 2.75 bits per heavy atom. The summed E-state index contributed by atoms with van der Waals surface area (Å²) in [5, 5.41) is 3.26. The molecule has 20 heavy (non-hydrogen) atoms. The zero-order chi connectivity index (χ0) is 15.2. The lowest BCUT2D eigenvalue weighted by atomic mass is 10.3. The summed E-state index contributed by atoms with van der Waals surface area (Å²) in [5.41, 5.74) is 0. The van der Waals surface area contributed by atoms with Crippen LogP contribution in [0.3, 0.4) is 0 Å². The first-order chi connectivity index (χ1) is 9.40. The van der Waals surface area contributed by atoms with Crippen molar-refractivity contribution in [3.8, 4) is 0 Å². The lowest BCUT2D eigenvalue weighted by molar-refractivity contribution is 0.556. The van der Waals surface area contributed by atoms with Gasteiger partial charge in [-0.1, -0.05) is 11.6 Å². The first-order valence-electron chi connectivity index (χ1n) is 6.31. The minimum atomic E-state index is -3.58. The third kappa shape index (κ3) is 5.12. The fourth-order valence-corrected chi connectivity index (χ4v) is 3.69. The fourth-order valence-electron chi connectivity index (χ4n) is 1.55. The number of thioether (sulfide) groups is 1. The first kappa shape index (κ1) is 17.6. The molecule has 1 rings (SSSR count). The minimum absolute atomic E-state index is 0.0835. The molecule has 0 aliphatic carbocycles. The van der Waals surface area contributed by atoms with Crippen LogP contribution < -0.4 is 10.0 Å². The molecule has 0 fully saturated rings. The lowest BCUT2D eigenvalue weighted by Gasteiger charge is -2.14. The largest absolute Gasteiger partial charge is 0.369 e. The molecule has 1 atom stereocenters. The fraction of sp³-hybridized carbons (Fsp3) is 0.583. The van der Waals surface area contributed by atoms with Gasteiger partial charge in [0.2, 0.25) is 10.0 Å². The molecule has 8 heteroatoms. The van der Waals surface area contributed by atoms with Gasteiger partial charge in [0.1, 0.15) is 10.7 Å². The van der Waals surface area contributed by atoms with Gasteiger partial charge in [-0.05, 0) is 38.3 Å². The number of anilines is 1. The van der Waals surface area contributed by atoms with Crippen molar-refractivity contribution in [2.24, 2.45) is 0 Å². The second kappa shape index (κ2) is 8.07. The molecule has 0 saturated heterocycles. The average molecular weight is 338 g/mol. The van der Waals surface area contributed by atoms with Gasteiger partial charge in [0.25, 0.3) is 0 Å². The van der Waals surface area contributed by atoms with Gasteiger partial charge in [0.15, 0.2) is 0 Å². The third-order valence-electron chi connectivity index (χ3n) is 2.58. The summed E-state index contributed by atoms with van der Waals surface area (Å²) in [4.78, 5) is 4.12. The van der Waals surface area contributed by atoms with E-state index in [0.717, 1.165) is 12.2 Å². The van der Waals surface area contributed by atoms with Crippen molar-refractivity contribution in [1.82, 2.24) is 9.71 Å². The van der Waals surface area contributed by atoms with Crippen LogP contribution in [0.25, 0.3) is 0 Å². The normalized spacial score (nSPS) is 13.2. The van der Waals surface area contributed by atoms with E-state index >= 15 is 0 Å². The lowest BCUT2D eigenvalue weighted by Crippen LogP contribution is -2.33. The molecular weight excluding hydrogens is 318 g/mol. The summed E-state index contributed by atoms with van der Waals surface area (Å²) in [7, 11) is -3.58. The predicted molar refractivity (Wildman–Crippen MR) is 86.2 cm³/mol. The Morgan fingerprint density at radius 2 is 2.20 bits per heavy atom. The number of rotatable bonds is 8. The molecular formula is C12H20ClN3O2S2. The van der Waals surface area contributed by atoms with Crippen molar-refractivity contribution in [2.75, 3.05) is 23.9 Å².